The molecule has 5 nitrogen and oxygen atoms in total. The Balaban J connectivity index is 1.74. The van der Waals surface area contributed by atoms with E-state index < -0.39 is 0 Å². The monoisotopic (exact) mass is 305 g/mol. The van der Waals surface area contributed by atoms with Gasteiger partial charge in [-0.1, -0.05) is 0 Å². The molecular formula is C15H19N3O2S. The predicted octanol–water partition coefficient (Wildman–Crippen LogP) is 2.07. The number of nitrogens with zero attached hydrogens (tertiary/aromatic N) is 2. The first kappa shape index (κ1) is 14.3. The summed E-state index contributed by atoms with van der Waals surface area (Å²) >= 11 is 1.60. The van der Waals surface area contributed by atoms with Crippen LogP contribution in [0.4, 0.5) is 0 Å². The highest BCUT2D eigenvalue weighted by Crippen LogP contribution is 2.24. The maximum absolute atomic E-state index is 12.4. The second-order valence-corrected chi connectivity index (χ2v) is 6.13. The lowest BCUT2D eigenvalue weighted by atomic mass is 10.1. The van der Waals surface area contributed by atoms with Crippen LogP contribution in [0, 0.1) is 6.92 Å². The predicted molar refractivity (Wildman–Crippen MR) is 82.3 cm³/mol. The fourth-order valence-corrected chi connectivity index (χ4v) is 3.19. The average Bonchev–Trinajstić information content (AvgIpc) is 3.10. The number of carbonyl (C=O) groups excluding carboxylic acids is 1. The lowest BCUT2D eigenvalue weighted by Gasteiger charge is -2.33. The number of hydrogen-bond acceptors (Lipinski definition) is 5. The van der Waals surface area contributed by atoms with Crippen LogP contribution >= 0.6 is 11.3 Å². The molecule has 1 amide bonds. The van der Waals surface area contributed by atoms with E-state index in [2.05, 4.69) is 17.2 Å². The molecule has 0 aromatic carbocycles. The van der Waals surface area contributed by atoms with Gasteiger partial charge < -0.3 is 14.6 Å². The quantitative estimate of drug-likeness (QED) is 0.943. The molecule has 2 aromatic heterocycles. The van der Waals surface area contributed by atoms with E-state index in [1.165, 1.54) is 0 Å². The van der Waals surface area contributed by atoms with Gasteiger partial charge in [0.1, 0.15) is 5.76 Å². The van der Waals surface area contributed by atoms with Crippen molar-refractivity contribution in [3.8, 4) is 11.5 Å². The minimum Gasteiger partial charge on any atom is -0.441 e. The number of amides is 1. The summed E-state index contributed by atoms with van der Waals surface area (Å²) < 4.78 is 5.69. The summed E-state index contributed by atoms with van der Waals surface area (Å²) in [6.07, 6.45) is 0.309. The Bertz CT molecular complexity index is 621. The molecule has 0 radical (unpaired) electrons. The van der Waals surface area contributed by atoms with Crippen LogP contribution in [0.2, 0.25) is 0 Å². The largest absolute Gasteiger partial charge is 0.441 e. The minimum atomic E-state index is 0.122. The van der Waals surface area contributed by atoms with Crippen LogP contribution in [-0.2, 0) is 11.2 Å². The molecule has 1 saturated heterocycles. The molecule has 0 spiro atoms. The highest BCUT2D eigenvalue weighted by atomic mass is 32.1. The van der Waals surface area contributed by atoms with Crippen molar-refractivity contribution in [1.29, 1.82) is 0 Å². The molecule has 0 bridgehead atoms. The summed E-state index contributed by atoms with van der Waals surface area (Å²) in [5, 5.41) is 7.27. The van der Waals surface area contributed by atoms with E-state index >= 15 is 0 Å². The van der Waals surface area contributed by atoms with Crippen molar-refractivity contribution in [2.45, 2.75) is 26.3 Å². The van der Waals surface area contributed by atoms with E-state index in [0.29, 0.717) is 12.3 Å². The molecule has 6 heteroatoms. The summed E-state index contributed by atoms with van der Waals surface area (Å²) in [7, 11) is 0. The number of aryl methyl sites for hydroxylation is 1. The van der Waals surface area contributed by atoms with Gasteiger partial charge in [-0.15, -0.1) is 0 Å². The molecule has 1 atom stereocenters. The van der Waals surface area contributed by atoms with Gasteiger partial charge in [-0.25, -0.2) is 4.98 Å². The van der Waals surface area contributed by atoms with E-state index in [1.54, 1.807) is 11.3 Å². The fraction of sp³-hybridized carbons (Fsp3) is 0.467. The van der Waals surface area contributed by atoms with Gasteiger partial charge in [0.2, 0.25) is 11.8 Å². The lowest BCUT2D eigenvalue weighted by Crippen LogP contribution is -2.52. The standard InChI is InChI=1S/C15H19N3O2S/c1-10-8-16-4-5-18(10)14(19)7-13-11(2)20-15(17-13)12-3-6-21-9-12/h3,6,9-10,16H,4-5,7-8H2,1-2H3. The van der Waals surface area contributed by atoms with Gasteiger partial charge in [0.05, 0.1) is 12.1 Å². The molecule has 1 fully saturated rings. The Morgan fingerprint density at radius 3 is 3.19 bits per heavy atom. The Kier molecular flexibility index (Phi) is 4.07. The fourth-order valence-electron chi connectivity index (χ4n) is 2.56. The normalized spacial score (nSPS) is 19.0. The molecule has 1 N–H and O–H groups in total. The van der Waals surface area contributed by atoms with E-state index in [4.69, 9.17) is 4.42 Å². The lowest BCUT2D eigenvalue weighted by molar-refractivity contribution is -0.133. The zero-order valence-electron chi connectivity index (χ0n) is 12.3. The molecule has 1 aliphatic heterocycles. The molecule has 2 aromatic rings. The maximum atomic E-state index is 12.4. The first-order valence-corrected chi connectivity index (χ1v) is 8.08. The van der Waals surface area contributed by atoms with Crippen LogP contribution in [0.15, 0.2) is 21.2 Å². The second-order valence-electron chi connectivity index (χ2n) is 5.35. The Labute approximate surface area is 128 Å². The van der Waals surface area contributed by atoms with Gasteiger partial charge in [-0.05, 0) is 25.3 Å². The molecule has 0 aliphatic carbocycles. The van der Waals surface area contributed by atoms with Gasteiger partial charge in [0, 0.05) is 36.6 Å². The van der Waals surface area contributed by atoms with Crippen molar-refractivity contribution < 1.29 is 9.21 Å². The number of thiophene rings is 1. The van der Waals surface area contributed by atoms with Crippen LogP contribution in [0.1, 0.15) is 18.4 Å². The first-order chi connectivity index (χ1) is 10.1. The highest BCUT2D eigenvalue weighted by Gasteiger charge is 2.24. The van der Waals surface area contributed by atoms with Crippen LogP contribution in [-0.4, -0.2) is 41.5 Å². The zero-order chi connectivity index (χ0) is 14.8. The summed E-state index contributed by atoms with van der Waals surface area (Å²) in [5.74, 6) is 1.45. The minimum absolute atomic E-state index is 0.122. The molecular weight excluding hydrogens is 286 g/mol. The average molecular weight is 305 g/mol. The molecule has 3 heterocycles. The van der Waals surface area contributed by atoms with Crippen molar-refractivity contribution in [3.63, 3.8) is 0 Å². The molecule has 3 rings (SSSR count). The summed E-state index contributed by atoms with van der Waals surface area (Å²) in [6, 6.07) is 2.20. The van der Waals surface area contributed by atoms with Crippen LogP contribution < -0.4 is 5.32 Å². The zero-order valence-corrected chi connectivity index (χ0v) is 13.1. The Hall–Kier alpha value is -1.66. The van der Waals surface area contributed by atoms with Crippen LogP contribution in [0.5, 0.6) is 0 Å². The van der Waals surface area contributed by atoms with E-state index in [9.17, 15) is 4.79 Å². The SMILES string of the molecule is Cc1oc(-c2ccsc2)nc1CC(=O)N1CCNCC1C. The van der Waals surface area contributed by atoms with Gasteiger partial charge in [-0.2, -0.15) is 11.3 Å². The van der Waals surface area contributed by atoms with Crippen molar-refractivity contribution in [2.24, 2.45) is 0 Å². The summed E-state index contributed by atoms with van der Waals surface area (Å²) in [4.78, 5) is 18.9. The number of carbonyl (C=O) groups is 1. The van der Waals surface area contributed by atoms with Gasteiger partial charge in [0.25, 0.3) is 0 Å². The Morgan fingerprint density at radius 1 is 1.62 bits per heavy atom. The van der Waals surface area contributed by atoms with Gasteiger partial charge in [0.15, 0.2) is 0 Å². The number of piperazine rings is 1. The number of aromatic nitrogens is 1. The number of oxazole rings is 1. The number of nitrogens with one attached hydrogen (secondary N) is 1. The highest BCUT2D eigenvalue weighted by molar-refractivity contribution is 7.08. The molecule has 1 unspecified atom stereocenters. The van der Waals surface area contributed by atoms with Gasteiger partial charge in [-0.3, -0.25) is 4.79 Å². The topological polar surface area (TPSA) is 58.4 Å². The smallest absolute Gasteiger partial charge is 0.229 e. The third-order valence-electron chi connectivity index (χ3n) is 3.80. The second kappa shape index (κ2) is 5.99. The summed E-state index contributed by atoms with van der Waals surface area (Å²) in [6.45, 7) is 6.40. The van der Waals surface area contributed by atoms with Crippen molar-refractivity contribution >= 4 is 17.2 Å². The van der Waals surface area contributed by atoms with Crippen molar-refractivity contribution in [3.05, 3.63) is 28.3 Å². The third kappa shape index (κ3) is 3.01. The molecule has 1 aliphatic rings. The van der Waals surface area contributed by atoms with E-state index in [-0.39, 0.29) is 11.9 Å². The van der Waals surface area contributed by atoms with Gasteiger partial charge >= 0.3 is 0 Å². The maximum Gasteiger partial charge on any atom is 0.229 e. The Morgan fingerprint density at radius 2 is 2.48 bits per heavy atom. The van der Waals surface area contributed by atoms with Crippen LogP contribution in [0.25, 0.3) is 11.5 Å². The van der Waals surface area contributed by atoms with Crippen molar-refractivity contribution in [1.82, 2.24) is 15.2 Å². The molecule has 0 saturated carbocycles. The number of rotatable bonds is 3. The van der Waals surface area contributed by atoms with Crippen LogP contribution in [0.3, 0.4) is 0 Å². The number of hydrogen-bond donors (Lipinski definition) is 1. The van der Waals surface area contributed by atoms with E-state index in [0.717, 1.165) is 36.7 Å². The van der Waals surface area contributed by atoms with Crippen molar-refractivity contribution in [2.75, 3.05) is 19.6 Å². The molecule has 112 valence electrons. The van der Waals surface area contributed by atoms with E-state index in [1.807, 2.05) is 28.7 Å². The third-order valence-corrected chi connectivity index (χ3v) is 4.48. The first-order valence-electron chi connectivity index (χ1n) is 7.14. The summed E-state index contributed by atoms with van der Waals surface area (Å²) in [5.41, 5.74) is 1.71. The molecule has 21 heavy (non-hydrogen) atoms.